The number of nitrogen functional groups attached to an aromatic ring is 1. The van der Waals surface area contributed by atoms with Crippen LogP contribution in [0.2, 0.25) is 0 Å². The second-order valence-corrected chi connectivity index (χ2v) is 3.79. The van der Waals surface area contributed by atoms with Crippen molar-refractivity contribution in [1.82, 2.24) is 0 Å². The van der Waals surface area contributed by atoms with Crippen LogP contribution in [-0.4, -0.2) is 11.5 Å². The van der Waals surface area contributed by atoms with Crippen LogP contribution in [0.25, 0.3) is 0 Å². The largest absolute Gasteiger partial charge is 0.476 e. The normalized spacial score (nSPS) is 18.0. The quantitative estimate of drug-likeness (QED) is 0.610. The van der Waals surface area contributed by atoms with Gasteiger partial charge in [0.05, 0.1) is 5.69 Å². The number of amides is 1. The third-order valence-electron chi connectivity index (χ3n) is 2.21. The van der Waals surface area contributed by atoms with Crippen molar-refractivity contribution in [3.63, 3.8) is 0 Å². The van der Waals surface area contributed by atoms with Gasteiger partial charge in [-0.2, -0.15) is 0 Å². The van der Waals surface area contributed by atoms with Crippen molar-refractivity contribution >= 4 is 17.3 Å². The van der Waals surface area contributed by atoms with Crippen molar-refractivity contribution < 1.29 is 9.53 Å². The van der Waals surface area contributed by atoms with Crippen LogP contribution >= 0.6 is 0 Å². The molecule has 4 nitrogen and oxygen atoms in total. The van der Waals surface area contributed by atoms with Gasteiger partial charge >= 0.3 is 0 Å². The number of nitrogens with two attached hydrogens (primary N) is 1. The lowest BCUT2D eigenvalue weighted by Crippen LogP contribution is -2.45. The molecule has 0 aliphatic carbocycles. The van der Waals surface area contributed by atoms with Gasteiger partial charge in [0.15, 0.2) is 5.60 Å². The molecule has 0 unspecified atom stereocenters. The zero-order valence-corrected chi connectivity index (χ0v) is 8.13. The molecule has 14 heavy (non-hydrogen) atoms. The minimum Gasteiger partial charge on any atom is -0.476 e. The summed E-state index contributed by atoms with van der Waals surface area (Å²) in [6.45, 7) is 3.43. The smallest absolute Gasteiger partial charge is 0.268 e. The van der Waals surface area contributed by atoms with E-state index in [1.54, 1.807) is 32.0 Å². The van der Waals surface area contributed by atoms with Crippen molar-refractivity contribution in [3.05, 3.63) is 18.2 Å². The van der Waals surface area contributed by atoms with Gasteiger partial charge in [-0.05, 0) is 26.0 Å². The summed E-state index contributed by atoms with van der Waals surface area (Å²) in [5.41, 5.74) is 5.95. The molecule has 2 rings (SSSR count). The molecule has 3 N–H and O–H groups in total. The van der Waals surface area contributed by atoms with Gasteiger partial charge in [0, 0.05) is 0 Å². The van der Waals surface area contributed by atoms with E-state index in [0.29, 0.717) is 17.1 Å². The number of fused-ring (bicyclic) bond motifs is 1. The summed E-state index contributed by atoms with van der Waals surface area (Å²) in [5, 5.41) is 2.73. The Kier molecular flexibility index (Phi) is 1.67. The van der Waals surface area contributed by atoms with Crippen LogP contribution in [0.3, 0.4) is 0 Å². The number of hydrogen-bond donors (Lipinski definition) is 2. The SMILES string of the molecule is CC1(C)Oc2cccc(N)c2NC1=O. The van der Waals surface area contributed by atoms with Gasteiger partial charge in [0.2, 0.25) is 0 Å². The number of benzene rings is 1. The second-order valence-electron chi connectivity index (χ2n) is 3.79. The van der Waals surface area contributed by atoms with Crippen LogP contribution in [0, 0.1) is 0 Å². The van der Waals surface area contributed by atoms with E-state index < -0.39 is 5.60 Å². The molecular weight excluding hydrogens is 180 g/mol. The van der Waals surface area contributed by atoms with Crippen LogP contribution < -0.4 is 15.8 Å². The lowest BCUT2D eigenvalue weighted by Gasteiger charge is -2.31. The minimum atomic E-state index is -0.833. The number of hydrogen-bond acceptors (Lipinski definition) is 3. The molecule has 74 valence electrons. The highest BCUT2D eigenvalue weighted by molar-refractivity contribution is 6.02. The highest BCUT2D eigenvalue weighted by atomic mass is 16.5. The van der Waals surface area contributed by atoms with Gasteiger partial charge in [0.1, 0.15) is 11.4 Å². The minimum absolute atomic E-state index is 0.178. The third-order valence-corrected chi connectivity index (χ3v) is 2.21. The molecule has 0 bridgehead atoms. The number of para-hydroxylation sites is 1. The Balaban J connectivity index is 2.51. The molecule has 1 heterocycles. The highest BCUT2D eigenvalue weighted by Gasteiger charge is 2.35. The van der Waals surface area contributed by atoms with Crippen LogP contribution in [0.5, 0.6) is 5.75 Å². The van der Waals surface area contributed by atoms with Crippen molar-refractivity contribution in [3.8, 4) is 5.75 Å². The van der Waals surface area contributed by atoms with Crippen LogP contribution in [0.4, 0.5) is 11.4 Å². The molecule has 0 saturated carbocycles. The number of carbonyl (C=O) groups is 1. The predicted molar refractivity (Wildman–Crippen MR) is 54.2 cm³/mol. The van der Waals surface area contributed by atoms with E-state index in [1.165, 1.54) is 0 Å². The van der Waals surface area contributed by atoms with Crippen LogP contribution in [0.15, 0.2) is 18.2 Å². The highest BCUT2D eigenvalue weighted by Crippen LogP contribution is 2.37. The van der Waals surface area contributed by atoms with Gasteiger partial charge in [-0.1, -0.05) is 6.07 Å². The van der Waals surface area contributed by atoms with Gasteiger partial charge in [0.25, 0.3) is 5.91 Å². The van der Waals surface area contributed by atoms with E-state index in [4.69, 9.17) is 10.5 Å². The van der Waals surface area contributed by atoms with E-state index in [-0.39, 0.29) is 5.91 Å². The van der Waals surface area contributed by atoms with Gasteiger partial charge in [-0.15, -0.1) is 0 Å². The van der Waals surface area contributed by atoms with Crippen molar-refractivity contribution in [1.29, 1.82) is 0 Å². The van der Waals surface area contributed by atoms with Gasteiger partial charge < -0.3 is 15.8 Å². The summed E-state index contributed by atoms with van der Waals surface area (Å²) in [5.74, 6) is 0.442. The molecule has 1 aromatic rings. The number of rotatable bonds is 0. The molecule has 1 aliphatic heterocycles. The Morgan fingerprint density at radius 1 is 1.43 bits per heavy atom. The maximum Gasteiger partial charge on any atom is 0.268 e. The maximum atomic E-state index is 11.5. The fourth-order valence-electron chi connectivity index (χ4n) is 1.35. The Morgan fingerprint density at radius 3 is 2.86 bits per heavy atom. The number of ether oxygens (including phenoxy) is 1. The average Bonchev–Trinajstić information content (AvgIpc) is 2.08. The molecule has 0 radical (unpaired) electrons. The molecule has 4 heteroatoms. The summed E-state index contributed by atoms with van der Waals surface area (Å²) in [7, 11) is 0. The molecule has 0 saturated heterocycles. The van der Waals surface area contributed by atoms with Crippen molar-refractivity contribution in [2.75, 3.05) is 11.1 Å². The van der Waals surface area contributed by atoms with Crippen LogP contribution in [-0.2, 0) is 4.79 Å². The van der Waals surface area contributed by atoms with Gasteiger partial charge in [-0.25, -0.2) is 0 Å². The summed E-state index contributed by atoms with van der Waals surface area (Å²) in [4.78, 5) is 11.5. The summed E-state index contributed by atoms with van der Waals surface area (Å²) >= 11 is 0. The monoisotopic (exact) mass is 192 g/mol. The Labute approximate surface area is 82.1 Å². The van der Waals surface area contributed by atoms with E-state index in [9.17, 15) is 4.79 Å². The van der Waals surface area contributed by atoms with E-state index in [1.807, 2.05) is 0 Å². The zero-order chi connectivity index (χ0) is 10.3. The molecular formula is C10H12N2O2. The fraction of sp³-hybridized carbons (Fsp3) is 0.300. The molecule has 0 atom stereocenters. The lowest BCUT2D eigenvalue weighted by atomic mass is 10.1. The topological polar surface area (TPSA) is 64.3 Å². The average molecular weight is 192 g/mol. The first-order valence-corrected chi connectivity index (χ1v) is 4.40. The zero-order valence-electron chi connectivity index (χ0n) is 8.13. The predicted octanol–water partition coefficient (Wildman–Crippen LogP) is 1.38. The molecule has 1 aliphatic rings. The molecule has 1 aromatic carbocycles. The summed E-state index contributed by atoms with van der Waals surface area (Å²) in [6.07, 6.45) is 0. The molecule has 0 fully saturated rings. The van der Waals surface area contributed by atoms with Gasteiger partial charge in [-0.3, -0.25) is 4.79 Å². The number of carbonyl (C=O) groups excluding carboxylic acids is 1. The Hall–Kier alpha value is -1.71. The molecule has 0 aromatic heterocycles. The van der Waals surface area contributed by atoms with Crippen LogP contribution in [0.1, 0.15) is 13.8 Å². The first kappa shape index (κ1) is 8.87. The van der Waals surface area contributed by atoms with E-state index in [0.717, 1.165) is 0 Å². The second kappa shape index (κ2) is 2.64. The molecule has 1 amide bonds. The lowest BCUT2D eigenvalue weighted by molar-refractivity contribution is -0.129. The fourth-order valence-corrected chi connectivity index (χ4v) is 1.35. The summed E-state index contributed by atoms with van der Waals surface area (Å²) in [6, 6.07) is 5.30. The number of anilines is 2. The van der Waals surface area contributed by atoms with E-state index in [2.05, 4.69) is 5.32 Å². The summed E-state index contributed by atoms with van der Waals surface area (Å²) < 4.78 is 5.52. The van der Waals surface area contributed by atoms with Crippen molar-refractivity contribution in [2.45, 2.75) is 19.4 Å². The third kappa shape index (κ3) is 1.19. The standard InChI is InChI=1S/C10H12N2O2/c1-10(2)9(13)12-8-6(11)4-3-5-7(8)14-10/h3-5H,11H2,1-2H3,(H,12,13). The van der Waals surface area contributed by atoms with Crippen molar-refractivity contribution in [2.24, 2.45) is 0 Å². The number of nitrogens with one attached hydrogen (secondary N) is 1. The first-order valence-electron chi connectivity index (χ1n) is 4.40. The Morgan fingerprint density at radius 2 is 2.14 bits per heavy atom. The molecule has 0 spiro atoms. The van der Waals surface area contributed by atoms with E-state index >= 15 is 0 Å². The maximum absolute atomic E-state index is 11.5. The Bertz CT molecular complexity index is 399. The first-order chi connectivity index (χ1) is 6.50.